The summed E-state index contributed by atoms with van der Waals surface area (Å²) in [5, 5.41) is 8.90. The van der Waals surface area contributed by atoms with Gasteiger partial charge in [0.15, 0.2) is 0 Å². The summed E-state index contributed by atoms with van der Waals surface area (Å²) in [6.07, 6.45) is 3.41. The molecule has 2 heterocycles. The normalized spacial score (nSPS) is 12.4. The van der Waals surface area contributed by atoms with Gasteiger partial charge in [0.1, 0.15) is 5.78 Å². The maximum atomic E-state index is 12.0. The number of aromatic nitrogens is 1. The maximum Gasteiger partial charge on any atom is 0.138 e. The summed E-state index contributed by atoms with van der Waals surface area (Å²) in [6.45, 7) is 1.20. The molecule has 0 spiro atoms. The number of methoxy groups -OCH3 is 1. The SMILES string of the molecule is COCCCC(=O)Cc1cc2c(cn1)C(c1ccc(C#N)cc1)=NC2. The summed E-state index contributed by atoms with van der Waals surface area (Å²) >= 11 is 0. The van der Waals surface area contributed by atoms with E-state index in [0.29, 0.717) is 31.6 Å². The second-order valence-corrected chi connectivity index (χ2v) is 6.00. The topological polar surface area (TPSA) is 75.3 Å². The van der Waals surface area contributed by atoms with Crippen LogP contribution in [0.2, 0.25) is 0 Å². The molecule has 2 aromatic rings. The van der Waals surface area contributed by atoms with Crippen LogP contribution in [0.25, 0.3) is 0 Å². The Hall–Kier alpha value is -2.84. The Morgan fingerprint density at radius 3 is 2.84 bits per heavy atom. The van der Waals surface area contributed by atoms with Gasteiger partial charge in [0, 0.05) is 49.6 Å². The van der Waals surface area contributed by atoms with Gasteiger partial charge in [-0.15, -0.1) is 0 Å². The second kappa shape index (κ2) is 7.82. The lowest BCUT2D eigenvalue weighted by molar-refractivity contribution is -0.118. The Kier molecular flexibility index (Phi) is 5.32. The molecule has 0 saturated heterocycles. The molecule has 1 aliphatic heterocycles. The molecule has 1 aromatic carbocycles. The van der Waals surface area contributed by atoms with Gasteiger partial charge in [0.25, 0.3) is 0 Å². The van der Waals surface area contributed by atoms with Crippen LogP contribution in [0.3, 0.4) is 0 Å². The van der Waals surface area contributed by atoms with Crippen LogP contribution in [-0.4, -0.2) is 30.2 Å². The Morgan fingerprint density at radius 2 is 2.12 bits per heavy atom. The highest BCUT2D eigenvalue weighted by molar-refractivity contribution is 6.15. The van der Waals surface area contributed by atoms with Crippen molar-refractivity contribution < 1.29 is 9.53 Å². The number of aliphatic imine (C=N–C) groups is 1. The fraction of sp³-hybridized carbons (Fsp3) is 0.300. The standard InChI is InChI=1S/C20H19N3O2/c1-25-8-2-3-18(24)10-17-9-16-12-23-20(19(16)13-22-17)15-6-4-14(11-21)5-7-15/h4-7,9,13H,2-3,8,10,12H2,1H3. The first-order valence-corrected chi connectivity index (χ1v) is 8.25. The van der Waals surface area contributed by atoms with E-state index in [-0.39, 0.29) is 5.78 Å². The molecule has 0 atom stereocenters. The molecule has 0 amide bonds. The average Bonchev–Trinajstić information content (AvgIpc) is 3.05. The summed E-state index contributed by atoms with van der Waals surface area (Å²) in [5.41, 5.74) is 5.38. The minimum Gasteiger partial charge on any atom is -0.385 e. The van der Waals surface area contributed by atoms with Crippen LogP contribution in [0.15, 0.2) is 41.5 Å². The number of hydrogen-bond acceptors (Lipinski definition) is 5. The lowest BCUT2D eigenvalue weighted by Gasteiger charge is -2.06. The third-order valence-electron chi connectivity index (χ3n) is 4.18. The van der Waals surface area contributed by atoms with Gasteiger partial charge < -0.3 is 4.74 Å². The van der Waals surface area contributed by atoms with Crippen LogP contribution in [0.1, 0.15) is 40.8 Å². The minimum atomic E-state index is 0.177. The van der Waals surface area contributed by atoms with Gasteiger partial charge in [-0.2, -0.15) is 5.26 Å². The van der Waals surface area contributed by atoms with E-state index in [1.165, 1.54) is 0 Å². The van der Waals surface area contributed by atoms with Crippen molar-refractivity contribution in [1.82, 2.24) is 4.98 Å². The molecule has 0 unspecified atom stereocenters. The number of pyridine rings is 1. The molecule has 25 heavy (non-hydrogen) atoms. The quantitative estimate of drug-likeness (QED) is 0.730. The molecule has 0 aliphatic carbocycles. The Labute approximate surface area is 147 Å². The first-order valence-electron chi connectivity index (χ1n) is 8.25. The zero-order chi connectivity index (χ0) is 17.6. The molecule has 1 aliphatic rings. The summed E-state index contributed by atoms with van der Waals surface area (Å²) < 4.78 is 4.97. The monoisotopic (exact) mass is 333 g/mol. The van der Waals surface area contributed by atoms with Gasteiger partial charge >= 0.3 is 0 Å². The molecule has 5 nitrogen and oxygen atoms in total. The van der Waals surface area contributed by atoms with Crippen LogP contribution in [-0.2, 0) is 22.5 Å². The second-order valence-electron chi connectivity index (χ2n) is 6.00. The number of ether oxygens (including phenoxy) is 1. The van der Waals surface area contributed by atoms with Crippen molar-refractivity contribution in [3.05, 3.63) is 64.5 Å². The van der Waals surface area contributed by atoms with Crippen LogP contribution in [0.4, 0.5) is 0 Å². The predicted octanol–water partition coefficient (Wildman–Crippen LogP) is 2.84. The number of fused-ring (bicyclic) bond motifs is 1. The van der Waals surface area contributed by atoms with E-state index >= 15 is 0 Å². The first-order chi connectivity index (χ1) is 12.2. The number of benzene rings is 1. The zero-order valence-electron chi connectivity index (χ0n) is 14.2. The number of Topliss-reactive ketones (excluding diaryl/α,β-unsaturated/α-hetero) is 1. The number of nitrogens with zero attached hydrogens (tertiary/aromatic N) is 3. The molecule has 0 saturated carbocycles. The molecule has 0 radical (unpaired) electrons. The van der Waals surface area contributed by atoms with E-state index < -0.39 is 0 Å². The third kappa shape index (κ3) is 3.98. The van der Waals surface area contributed by atoms with Crippen molar-refractivity contribution in [3.63, 3.8) is 0 Å². The number of nitriles is 1. The number of carbonyl (C=O) groups is 1. The van der Waals surface area contributed by atoms with Gasteiger partial charge in [0.2, 0.25) is 0 Å². The molecular weight excluding hydrogens is 314 g/mol. The van der Waals surface area contributed by atoms with E-state index in [4.69, 9.17) is 10.00 Å². The molecule has 0 bridgehead atoms. The molecule has 5 heteroatoms. The Balaban J connectivity index is 1.71. The Bertz CT molecular complexity index is 848. The average molecular weight is 333 g/mol. The van der Waals surface area contributed by atoms with Gasteiger partial charge in [-0.3, -0.25) is 14.8 Å². The molecule has 0 N–H and O–H groups in total. The van der Waals surface area contributed by atoms with Gasteiger partial charge in [0.05, 0.1) is 23.9 Å². The van der Waals surface area contributed by atoms with E-state index in [9.17, 15) is 4.79 Å². The van der Waals surface area contributed by atoms with Gasteiger partial charge in [-0.1, -0.05) is 12.1 Å². The van der Waals surface area contributed by atoms with Crippen LogP contribution in [0.5, 0.6) is 0 Å². The lowest BCUT2D eigenvalue weighted by Crippen LogP contribution is -2.08. The largest absolute Gasteiger partial charge is 0.385 e. The van der Waals surface area contributed by atoms with Crippen molar-refractivity contribution in [2.45, 2.75) is 25.8 Å². The first kappa shape index (κ1) is 17.0. The van der Waals surface area contributed by atoms with Crippen LogP contribution in [0, 0.1) is 11.3 Å². The van der Waals surface area contributed by atoms with Crippen molar-refractivity contribution in [2.75, 3.05) is 13.7 Å². The van der Waals surface area contributed by atoms with E-state index in [1.54, 1.807) is 25.4 Å². The van der Waals surface area contributed by atoms with E-state index in [0.717, 1.165) is 34.5 Å². The number of hydrogen-bond donors (Lipinski definition) is 0. The minimum absolute atomic E-state index is 0.177. The predicted molar refractivity (Wildman–Crippen MR) is 94.6 cm³/mol. The highest BCUT2D eigenvalue weighted by atomic mass is 16.5. The summed E-state index contributed by atoms with van der Waals surface area (Å²) in [7, 11) is 1.64. The van der Waals surface area contributed by atoms with Crippen molar-refractivity contribution in [3.8, 4) is 6.07 Å². The third-order valence-corrected chi connectivity index (χ3v) is 4.18. The number of rotatable bonds is 7. The fourth-order valence-corrected chi connectivity index (χ4v) is 2.89. The molecule has 0 fully saturated rings. The smallest absolute Gasteiger partial charge is 0.138 e. The fourth-order valence-electron chi connectivity index (χ4n) is 2.89. The van der Waals surface area contributed by atoms with Crippen LogP contribution < -0.4 is 0 Å². The van der Waals surface area contributed by atoms with Gasteiger partial charge in [-0.25, -0.2) is 0 Å². The summed E-state index contributed by atoms with van der Waals surface area (Å²) in [5.74, 6) is 0.177. The van der Waals surface area contributed by atoms with Crippen molar-refractivity contribution in [1.29, 1.82) is 5.26 Å². The summed E-state index contributed by atoms with van der Waals surface area (Å²) in [6, 6.07) is 11.5. The van der Waals surface area contributed by atoms with E-state index in [1.807, 2.05) is 18.2 Å². The molecule has 3 rings (SSSR count). The molecular formula is C20H19N3O2. The summed E-state index contributed by atoms with van der Waals surface area (Å²) in [4.78, 5) is 21.0. The molecule has 126 valence electrons. The zero-order valence-corrected chi connectivity index (χ0v) is 14.2. The van der Waals surface area contributed by atoms with Crippen molar-refractivity contribution in [2.24, 2.45) is 4.99 Å². The number of ketones is 1. The van der Waals surface area contributed by atoms with Gasteiger partial charge in [-0.05, 0) is 30.2 Å². The highest BCUT2D eigenvalue weighted by Gasteiger charge is 2.19. The Morgan fingerprint density at radius 1 is 1.32 bits per heavy atom. The van der Waals surface area contributed by atoms with Crippen LogP contribution >= 0.6 is 0 Å². The van der Waals surface area contributed by atoms with E-state index in [2.05, 4.69) is 16.0 Å². The molecule has 1 aromatic heterocycles. The maximum absolute atomic E-state index is 12.0. The van der Waals surface area contributed by atoms with Crippen molar-refractivity contribution >= 4 is 11.5 Å². The lowest BCUT2D eigenvalue weighted by atomic mass is 10.00. The number of carbonyl (C=O) groups excluding carboxylic acids is 1. The highest BCUT2D eigenvalue weighted by Crippen LogP contribution is 2.23.